The molecule has 0 saturated heterocycles. The molecule has 0 heterocycles. The third-order valence-electron chi connectivity index (χ3n) is 4.47. The molecule has 0 aliphatic rings. The summed E-state index contributed by atoms with van der Waals surface area (Å²) in [5, 5.41) is 10.5. The molecule has 32 heavy (non-hydrogen) atoms. The number of rotatable bonds is 7. The number of nitrogens with zero attached hydrogens (tertiary/aromatic N) is 1. The fourth-order valence-electron chi connectivity index (χ4n) is 2.85. The average molecular weight is 509 g/mol. The van der Waals surface area contributed by atoms with Crippen LogP contribution < -0.4 is 9.47 Å². The third-order valence-corrected chi connectivity index (χ3v) is 7.35. The number of para-hydroxylation sites is 1. The number of halogens is 3. The first-order valence-electron chi connectivity index (χ1n) is 9.13. The maximum atomic E-state index is 12.9. The first kappa shape index (κ1) is 24.0. The molecular formula is C23H16Cl3NO4S. The van der Waals surface area contributed by atoms with E-state index in [1.165, 1.54) is 25.3 Å². The van der Waals surface area contributed by atoms with Gasteiger partial charge in [0.15, 0.2) is 11.5 Å². The first-order chi connectivity index (χ1) is 15.3. The second-order valence-corrected chi connectivity index (χ2v) is 9.54. The van der Waals surface area contributed by atoms with Crippen LogP contribution in [0.15, 0.2) is 70.5 Å². The molecule has 0 atom stereocenters. The smallest absolute Gasteiger partial charge is 0.216 e. The molecule has 0 bridgehead atoms. The van der Waals surface area contributed by atoms with Crippen molar-refractivity contribution in [2.24, 2.45) is 0 Å². The van der Waals surface area contributed by atoms with Gasteiger partial charge < -0.3 is 9.47 Å². The van der Waals surface area contributed by atoms with E-state index in [1.54, 1.807) is 54.6 Å². The molecule has 0 spiro atoms. The summed E-state index contributed by atoms with van der Waals surface area (Å²) >= 11 is 18.5. The highest BCUT2D eigenvalue weighted by Crippen LogP contribution is 2.37. The van der Waals surface area contributed by atoms with Crippen molar-refractivity contribution in [2.45, 2.75) is 11.5 Å². The van der Waals surface area contributed by atoms with Crippen LogP contribution in [-0.4, -0.2) is 15.5 Å². The van der Waals surface area contributed by atoms with Crippen LogP contribution in [0.1, 0.15) is 11.1 Å². The van der Waals surface area contributed by atoms with E-state index in [-0.39, 0.29) is 22.3 Å². The second kappa shape index (κ2) is 10.3. The van der Waals surface area contributed by atoms with Crippen molar-refractivity contribution in [3.05, 3.63) is 91.8 Å². The first-order valence-corrected chi connectivity index (χ1v) is 11.8. The lowest BCUT2D eigenvalue weighted by Crippen LogP contribution is -2.04. The standard InChI is InChI=1S/C23H16Cl3NO4S/c1-30-21-9-5-6-15(12-17(13-27)32(28,29)16-7-3-2-4-8-16)23(21)31-14-18-19(24)10-11-20(25)22(18)26/h2-12H,14H2,1H3. The molecule has 9 heteroatoms. The molecule has 0 unspecified atom stereocenters. The maximum absolute atomic E-state index is 12.9. The van der Waals surface area contributed by atoms with Gasteiger partial charge in [0.1, 0.15) is 17.6 Å². The van der Waals surface area contributed by atoms with Crippen molar-refractivity contribution in [1.82, 2.24) is 0 Å². The quantitative estimate of drug-likeness (QED) is 0.266. The predicted molar refractivity (Wildman–Crippen MR) is 126 cm³/mol. The Morgan fingerprint density at radius 3 is 2.34 bits per heavy atom. The van der Waals surface area contributed by atoms with Crippen molar-refractivity contribution < 1.29 is 17.9 Å². The fraction of sp³-hybridized carbons (Fsp3) is 0.0870. The van der Waals surface area contributed by atoms with E-state index in [0.717, 1.165) is 0 Å². The molecule has 0 amide bonds. The van der Waals surface area contributed by atoms with E-state index in [9.17, 15) is 13.7 Å². The van der Waals surface area contributed by atoms with E-state index in [2.05, 4.69) is 0 Å². The summed E-state index contributed by atoms with van der Waals surface area (Å²) in [6, 6.07) is 17.5. The highest BCUT2D eigenvalue weighted by Gasteiger charge is 2.22. The summed E-state index contributed by atoms with van der Waals surface area (Å²) in [5.41, 5.74) is 0.786. The Bertz CT molecular complexity index is 1320. The van der Waals surface area contributed by atoms with Crippen LogP contribution in [0.25, 0.3) is 6.08 Å². The van der Waals surface area contributed by atoms with E-state index in [4.69, 9.17) is 44.3 Å². The highest BCUT2D eigenvalue weighted by atomic mass is 35.5. The molecule has 3 aromatic rings. The zero-order valence-corrected chi connectivity index (χ0v) is 19.8. The van der Waals surface area contributed by atoms with Crippen LogP contribution >= 0.6 is 34.8 Å². The maximum Gasteiger partial charge on any atom is 0.216 e. The number of methoxy groups -OCH3 is 1. The van der Waals surface area contributed by atoms with Gasteiger partial charge in [0.2, 0.25) is 9.84 Å². The molecule has 164 valence electrons. The molecule has 0 N–H and O–H groups in total. The number of nitriles is 1. The summed E-state index contributed by atoms with van der Waals surface area (Å²) in [5.74, 6) is 0.556. The zero-order valence-electron chi connectivity index (χ0n) is 16.7. The average Bonchev–Trinajstić information content (AvgIpc) is 2.80. The summed E-state index contributed by atoms with van der Waals surface area (Å²) < 4.78 is 37.1. The van der Waals surface area contributed by atoms with Gasteiger partial charge in [-0.15, -0.1) is 0 Å². The van der Waals surface area contributed by atoms with Crippen molar-refractivity contribution in [2.75, 3.05) is 7.11 Å². The SMILES string of the molecule is COc1cccc(C=C(C#N)S(=O)(=O)c2ccccc2)c1OCc1c(Cl)ccc(Cl)c1Cl. The molecule has 0 radical (unpaired) electrons. The number of allylic oxidation sites excluding steroid dienone is 1. The highest BCUT2D eigenvalue weighted by molar-refractivity contribution is 7.95. The molecule has 0 aromatic heterocycles. The predicted octanol–water partition coefficient (Wildman–Crippen LogP) is 6.57. The van der Waals surface area contributed by atoms with Gasteiger partial charge in [-0.25, -0.2) is 8.42 Å². The molecule has 0 aliphatic carbocycles. The van der Waals surface area contributed by atoms with Crippen molar-refractivity contribution in [3.8, 4) is 17.6 Å². The van der Waals surface area contributed by atoms with Crippen LogP contribution in [0.5, 0.6) is 11.5 Å². The molecule has 0 aliphatic heterocycles. The van der Waals surface area contributed by atoms with Gasteiger partial charge in [-0.2, -0.15) is 5.26 Å². The molecule has 3 aromatic carbocycles. The summed E-state index contributed by atoms with van der Waals surface area (Å²) in [6.45, 7) is -0.0627. The van der Waals surface area contributed by atoms with Crippen molar-refractivity contribution in [1.29, 1.82) is 5.26 Å². The number of sulfone groups is 1. The Hall–Kier alpha value is -2.69. The van der Waals surface area contributed by atoms with Gasteiger partial charge in [0.25, 0.3) is 0 Å². The summed E-state index contributed by atoms with van der Waals surface area (Å²) in [6.07, 6.45) is 1.24. The third kappa shape index (κ3) is 5.03. The number of benzene rings is 3. The minimum atomic E-state index is -4.03. The Balaban J connectivity index is 2.05. The number of ether oxygens (including phenoxy) is 2. The van der Waals surface area contributed by atoms with Crippen LogP contribution in [0, 0.1) is 11.3 Å². The number of hydrogen-bond donors (Lipinski definition) is 0. The van der Waals surface area contributed by atoms with E-state index in [0.29, 0.717) is 26.9 Å². The Morgan fingerprint density at radius 2 is 1.69 bits per heavy atom. The van der Waals surface area contributed by atoms with Crippen LogP contribution in [-0.2, 0) is 16.4 Å². The summed E-state index contributed by atoms with van der Waals surface area (Å²) in [4.78, 5) is -0.434. The van der Waals surface area contributed by atoms with Crippen molar-refractivity contribution >= 4 is 50.7 Å². The molecule has 0 saturated carbocycles. The largest absolute Gasteiger partial charge is 0.493 e. The monoisotopic (exact) mass is 507 g/mol. The van der Waals surface area contributed by atoms with Gasteiger partial charge in [-0.1, -0.05) is 65.1 Å². The van der Waals surface area contributed by atoms with Crippen LogP contribution in [0.2, 0.25) is 15.1 Å². The lowest BCUT2D eigenvalue weighted by Gasteiger charge is -2.15. The van der Waals surface area contributed by atoms with Crippen LogP contribution in [0.4, 0.5) is 0 Å². The minimum Gasteiger partial charge on any atom is -0.493 e. The van der Waals surface area contributed by atoms with Gasteiger partial charge in [-0.3, -0.25) is 0 Å². The second-order valence-electron chi connectivity index (χ2n) is 6.43. The topological polar surface area (TPSA) is 76.4 Å². The van der Waals surface area contributed by atoms with E-state index >= 15 is 0 Å². The van der Waals surface area contributed by atoms with Crippen LogP contribution in [0.3, 0.4) is 0 Å². The molecule has 3 rings (SSSR count). The van der Waals surface area contributed by atoms with Gasteiger partial charge >= 0.3 is 0 Å². The number of hydrogen-bond acceptors (Lipinski definition) is 5. The zero-order chi connectivity index (χ0) is 23.3. The van der Waals surface area contributed by atoms with E-state index < -0.39 is 14.7 Å². The lowest BCUT2D eigenvalue weighted by atomic mass is 10.1. The molecule has 0 fully saturated rings. The Kier molecular flexibility index (Phi) is 7.70. The lowest BCUT2D eigenvalue weighted by molar-refractivity contribution is 0.284. The van der Waals surface area contributed by atoms with E-state index in [1.807, 2.05) is 0 Å². The fourth-order valence-corrected chi connectivity index (χ4v) is 4.67. The summed E-state index contributed by atoms with van der Waals surface area (Å²) in [7, 11) is -2.58. The molecule has 5 nitrogen and oxygen atoms in total. The Labute approximate surface area is 201 Å². The molecular weight excluding hydrogens is 493 g/mol. The van der Waals surface area contributed by atoms with Crippen molar-refractivity contribution in [3.63, 3.8) is 0 Å². The van der Waals surface area contributed by atoms with Gasteiger partial charge in [-0.05, 0) is 36.4 Å². The Morgan fingerprint density at radius 1 is 1.00 bits per heavy atom. The van der Waals surface area contributed by atoms with Gasteiger partial charge in [0.05, 0.1) is 22.1 Å². The minimum absolute atomic E-state index is 0.00987. The normalized spacial score (nSPS) is 11.7. The van der Waals surface area contributed by atoms with Gasteiger partial charge in [0, 0.05) is 16.1 Å².